The molecular weight excluding hydrogens is 222 g/mol. The summed E-state index contributed by atoms with van der Waals surface area (Å²) in [6.45, 7) is 4.24. The molecule has 3 heteroatoms. The maximum Gasteiger partial charge on any atom is 0.135 e. The van der Waals surface area contributed by atoms with E-state index in [1.54, 1.807) is 0 Å². The van der Waals surface area contributed by atoms with Crippen LogP contribution in [-0.2, 0) is 12.8 Å². The van der Waals surface area contributed by atoms with Crippen LogP contribution in [0.15, 0.2) is 30.3 Å². The molecule has 1 aromatic carbocycles. The molecule has 0 amide bonds. The lowest BCUT2D eigenvalue weighted by Gasteiger charge is -2.07. The number of anilines is 1. The highest BCUT2D eigenvalue weighted by Gasteiger charge is 2.05. The van der Waals surface area contributed by atoms with Gasteiger partial charge in [0.15, 0.2) is 0 Å². The largest absolute Gasteiger partial charge is 0.384 e. The Balaban J connectivity index is 2.26. The third-order valence-corrected chi connectivity index (χ3v) is 2.96. The van der Waals surface area contributed by atoms with Gasteiger partial charge in [0.05, 0.1) is 0 Å². The Morgan fingerprint density at radius 1 is 1.17 bits per heavy atom. The summed E-state index contributed by atoms with van der Waals surface area (Å²) < 4.78 is 0. The highest BCUT2D eigenvalue weighted by atomic mass is 14.9. The van der Waals surface area contributed by atoms with Crippen LogP contribution >= 0.6 is 0 Å². The van der Waals surface area contributed by atoms with Gasteiger partial charge in [0, 0.05) is 18.2 Å². The average molecular weight is 241 g/mol. The second kappa shape index (κ2) is 5.63. The van der Waals surface area contributed by atoms with E-state index in [4.69, 9.17) is 5.73 Å². The summed E-state index contributed by atoms with van der Waals surface area (Å²) in [6.07, 6.45) is 2.77. The first-order valence-corrected chi connectivity index (χ1v) is 6.36. The van der Waals surface area contributed by atoms with Crippen LogP contribution in [0.5, 0.6) is 0 Å². The molecule has 1 heterocycles. The van der Waals surface area contributed by atoms with E-state index in [1.807, 2.05) is 18.2 Å². The van der Waals surface area contributed by atoms with E-state index in [1.165, 1.54) is 11.1 Å². The molecule has 0 aliphatic heterocycles. The van der Waals surface area contributed by atoms with Crippen molar-refractivity contribution >= 4 is 5.82 Å². The lowest BCUT2D eigenvalue weighted by atomic mass is 10.1. The molecule has 2 rings (SSSR count). The first-order chi connectivity index (χ1) is 8.69. The van der Waals surface area contributed by atoms with Crippen molar-refractivity contribution in [2.45, 2.75) is 33.1 Å². The van der Waals surface area contributed by atoms with E-state index in [9.17, 15) is 0 Å². The van der Waals surface area contributed by atoms with E-state index in [0.717, 1.165) is 30.8 Å². The van der Waals surface area contributed by atoms with Crippen molar-refractivity contribution in [1.82, 2.24) is 9.97 Å². The second-order valence-electron chi connectivity index (χ2n) is 4.55. The number of rotatable bonds is 4. The highest BCUT2D eigenvalue weighted by molar-refractivity contribution is 5.33. The first-order valence-electron chi connectivity index (χ1n) is 6.36. The first kappa shape index (κ1) is 12.6. The fourth-order valence-electron chi connectivity index (χ4n) is 2.02. The summed E-state index contributed by atoms with van der Waals surface area (Å²) >= 11 is 0. The molecule has 0 aliphatic carbocycles. The fraction of sp³-hybridized carbons (Fsp3) is 0.333. The van der Waals surface area contributed by atoms with Crippen molar-refractivity contribution in [2.24, 2.45) is 0 Å². The molecule has 94 valence electrons. The van der Waals surface area contributed by atoms with Crippen molar-refractivity contribution in [3.05, 3.63) is 53.0 Å². The Kier molecular flexibility index (Phi) is 3.92. The molecule has 2 aromatic rings. The molecule has 0 atom stereocenters. The van der Waals surface area contributed by atoms with Crippen molar-refractivity contribution in [1.29, 1.82) is 0 Å². The van der Waals surface area contributed by atoms with Gasteiger partial charge in [-0.15, -0.1) is 0 Å². The number of hydrogen-bond donors (Lipinski definition) is 1. The zero-order valence-electron chi connectivity index (χ0n) is 11.0. The van der Waals surface area contributed by atoms with Gasteiger partial charge < -0.3 is 5.73 Å². The van der Waals surface area contributed by atoms with Crippen LogP contribution in [0.4, 0.5) is 5.82 Å². The van der Waals surface area contributed by atoms with Crippen LogP contribution in [0.1, 0.15) is 36.0 Å². The maximum absolute atomic E-state index is 5.83. The Hall–Kier alpha value is -1.90. The molecule has 2 N–H and O–H groups in total. The molecule has 0 unspecified atom stereocenters. The van der Waals surface area contributed by atoms with Crippen LogP contribution in [-0.4, -0.2) is 9.97 Å². The van der Waals surface area contributed by atoms with Gasteiger partial charge in [-0.25, -0.2) is 9.97 Å². The van der Waals surface area contributed by atoms with Gasteiger partial charge in [0.1, 0.15) is 11.6 Å². The quantitative estimate of drug-likeness (QED) is 0.895. The summed E-state index contributed by atoms with van der Waals surface area (Å²) in [5.74, 6) is 1.38. The van der Waals surface area contributed by atoms with Crippen molar-refractivity contribution in [3.63, 3.8) is 0 Å². The lowest BCUT2D eigenvalue weighted by Crippen LogP contribution is -2.04. The third-order valence-electron chi connectivity index (χ3n) is 2.96. The fourth-order valence-corrected chi connectivity index (χ4v) is 2.02. The standard InChI is InChI=1S/C15H19N3/c1-3-6-13-10-14(16)18-15(17-13)9-12-8-5-4-7-11(12)2/h4-5,7-8,10H,3,6,9H2,1-2H3,(H2,16,17,18). The van der Waals surface area contributed by atoms with Crippen LogP contribution in [0.2, 0.25) is 0 Å². The summed E-state index contributed by atoms with van der Waals surface area (Å²) in [7, 11) is 0. The van der Waals surface area contributed by atoms with Crippen LogP contribution in [0.3, 0.4) is 0 Å². The number of aryl methyl sites for hydroxylation is 2. The summed E-state index contributed by atoms with van der Waals surface area (Å²) in [5.41, 5.74) is 9.39. The Morgan fingerprint density at radius 2 is 1.94 bits per heavy atom. The minimum Gasteiger partial charge on any atom is -0.384 e. The van der Waals surface area contributed by atoms with Gasteiger partial charge in [0.25, 0.3) is 0 Å². The highest BCUT2D eigenvalue weighted by Crippen LogP contribution is 2.13. The lowest BCUT2D eigenvalue weighted by molar-refractivity contribution is 0.843. The van der Waals surface area contributed by atoms with Crippen LogP contribution < -0.4 is 5.73 Å². The van der Waals surface area contributed by atoms with Crippen LogP contribution in [0.25, 0.3) is 0 Å². The monoisotopic (exact) mass is 241 g/mol. The van der Waals surface area contributed by atoms with E-state index in [2.05, 4.69) is 35.9 Å². The third kappa shape index (κ3) is 3.06. The molecule has 0 saturated heterocycles. The molecule has 0 aliphatic rings. The van der Waals surface area contributed by atoms with E-state index < -0.39 is 0 Å². The van der Waals surface area contributed by atoms with Crippen molar-refractivity contribution in [3.8, 4) is 0 Å². The molecule has 18 heavy (non-hydrogen) atoms. The minimum absolute atomic E-state index is 0.567. The van der Waals surface area contributed by atoms with E-state index >= 15 is 0 Å². The van der Waals surface area contributed by atoms with Gasteiger partial charge in [0.2, 0.25) is 0 Å². The molecule has 0 saturated carbocycles. The summed E-state index contributed by atoms with van der Waals surface area (Å²) in [4.78, 5) is 8.89. The Labute approximate surface area is 108 Å². The molecule has 0 bridgehead atoms. The average Bonchev–Trinajstić information content (AvgIpc) is 2.32. The SMILES string of the molecule is CCCc1cc(N)nc(Cc2ccccc2C)n1. The maximum atomic E-state index is 5.83. The van der Waals surface area contributed by atoms with Gasteiger partial charge >= 0.3 is 0 Å². The van der Waals surface area contributed by atoms with Gasteiger partial charge in [-0.1, -0.05) is 37.6 Å². The molecule has 0 fully saturated rings. The molecule has 1 aromatic heterocycles. The smallest absolute Gasteiger partial charge is 0.135 e. The molecular formula is C15H19N3. The zero-order valence-corrected chi connectivity index (χ0v) is 11.0. The predicted octanol–water partition coefficient (Wildman–Crippen LogP) is 2.91. The number of aromatic nitrogens is 2. The summed E-state index contributed by atoms with van der Waals surface area (Å²) in [5, 5.41) is 0. The van der Waals surface area contributed by atoms with E-state index in [0.29, 0.717) is 5.82 Å². The molecule has 0 spiro atoms. The molecule has 3 nitrogen and oxygen atoms in total. The van der Waals surface area contributed by atoms with Gasteiger partial charge in [-0.2, -0.15) is 0 Å². The summed E-state index contributed by atoms with van der Waals surface area (Å²) in [6, 6.07) is 10.2. The topological polar surface area (TPSA) is 51.8 Å². The van der Waals surface area contributed by atoms with Crippen molar-refractivity contribution < 1.29 is 0 Å². The van der Waals surface area contributed by atoms with Gasteiger partial charge in [-0.05, 0) is 24.5 Å². The number of nitrogens with two attached hydrogens (primary N) is 1. The second-order valence-corrected chi connectivity index (χ2v) is 4.55. The van der Waals surface area contributed by atoms with Crippen LogP contribution in [0, 0.1) is 6.92 Å². The minimum atomic E-state index is 0.567. The Bertz CT molecular complexity index is 535. The van der Waals surface area contributed by atoms with E-state index in [-0.39, 0.29) is 0 Å². The Morgan fingerprint density at radius 3 is 2.67 bits per heavy atom. The van der Waals surface area contributed by atoms with Gasteiger partial charge in [-0.3, -0.25) is 0 Å². The van der Waals surface area contributed by atoms with Crippen molar-refractivity contribution in [2.75, 3.05) is 5.73 Å². The zero-order chi connectivity index (χ0) is 13.0. The molecule has 0 radical (unpaired) electrons. The number of hydrogen-bond acceptors (Lipinski definition) is 3. The number of nitrogens with zero attached hydrogens (tertiary/aromatic N) is 2. The normalized spacial score (nSPS) is 10.6. The number of benzene rings is 1. The predicted molar refractivity (Wildman–Crippen MR) is 74.4 cm³/mol. The number of nitrogen functional groups attached to an aromatic ring is 1.